The van der Waals surface area contributed by atoms with Crippen LogP contribution in [0.2, 0.25) is 45.2 Å². The van der Waals surface area contributed by atoms with E-state index < -0.39 is 46.5 Å². The summed E-state index contributed by atoms with van der Waals surface area (Å²) < 4.78 is 4.73. The van der Waals surface area contributed by atoms with Crippen LogP contribution in [-0.2, 0) is 9.59 Å². The number of likely N-dealkylation sites (N-methyl/N-ethyl adjacent to an activating group) is 2. The van der Waals surface area contributed by atoms with Crippen molar-refractivity contribution in [1.29, 1.82) is 0 Å². The third kappa shape index (κ3) is 17.2. The smallest absolute Gasteiger partial charge is 0.278 e. The molecule has 10 aromatic rings. The fraction of sp³-hybridized carbons (Fsp3) is 0.208. The van der Waals surface area contributed by atoms with Gasteiger partial charge in [-0.3, -0.25) is 54.5 Å². The van der Waals surface area contributed by atoms with Gasteiger partial charge in [-0.2, -0.15) is 15.3 Å². The van der Waals surface area contributed by atoms with Gasteiger partial charge >= 0.3 is 0 Å². The van der Waals surface area contributed by atoms with Crippen LogP contribution < -0.4 is 16.0 Å². The van der Waals surface area contributed by atoms with Crippen molar-refractivity contribution in [3.05, 3.63) is 242 Å². The number of hydrogen-bond acceptors (Lipinski definition) is 11. The minimum absolute atomic E-state index is 0.103. The van der Waals surface area contributed by atoms with Crippen LogP contribution in [0.5, 0.6) is 0 Å². The first-order valence-electron chi connectivity index (χ1n) is 30.1. The fourth-order valence-electron chi connectivity index (χ4n) is 9.80. The first-order valence-corrected chi connectivity index (χ1v) is 33.5. The highest BCUT2D eigenvalue weighted by atomic mass is 35.5. The molecule has 0 atom stereocenters. The zero-order valence-corrected chi connectivity index (χ0v) is 61.9. The van der Waals surface area contributed by atoms with Gasteiger partial charge in [-0.15, -0.1) is 0 Å². The third-order valence-electron chi connectivity index (χ3n) is 16.4. The largest absolute Gasteiger partial charge is 0.296 e. The first-order chi connectivity index (χ1) is 46.1. The summed E-state index contributed by atoms with van der Waals surface area (Å²) in [4.78, 5) is 81.0. The predicted molar refractivity (Wildman–Crippen MR) is 394 cm³/mol. The number of aromatic nitrogens is 6. The molecule has 0 aliphatic rings. The van der Waals surface area contributed by atoms with Crippen molar-refractivity contribution in [1.82, 2.24) is 55.1 Å². The molecule has 7 aromatic carbocycles. The number of benzene rings is 7. The van der Waals surface area contributed by atoms with Gasteiger partial charge in [0.2, 0.25) is 11.8 Å². The van der Waals surface area contributed by atoms with Crippen LogP contribution in [0.25, 0.3) is 50.8 Å². The van der Waals surface area contributed by atoms with Crippen LogP contribution in [0.1, 0.15) is 98.7 Å². The lowest BCUT2D eigenvalue weighted by atomic mass is 10.0. The summed E-state index contributed by atoms with van der Waals surface area (Å²) in [7, 11) is 5.36. The molecule has 0 unspecified atom stereocenters. The molecule has 0 aliphatic heterocycles. The summed E-state index contributed by atoms with van der Waals surface area (Å²) in [5, 5.41) is 25.2. The molecular formula is C72H66Cl9N11O6. The van der Waals surface area contributed by atoms with Crippen LogP contribution in [0.4, 0.5) is 0 Å². The summed E-state index contributed by atoms with van der Waals surface area (Å²) in [5.41, 5.74) is 7.65. The average molecular weight is 1500 g/mol. The summed E-state index contributed by atoms with van der Waals surface area (Å²) in [6.45, 7) is 16.8. The third-order valence-corrected chi connectivity index (χ3v) is 18.8. The highest BCUT2D eigenvalue weighted by Crippen LogP contribution is 2.37. The average Bonchev–Trinajstić information content (AvgIpc) is 1.63. The van der Waals surface area contributed by atoms with E-state index in [0.717, 1.165) is 22.3 Å². The topological polar surface area (TPSA) is 198 Å². The maximum absolute atomic E-state index is 13.2. The number of amides is 6. The lowest BCUT2D eigenvalue weighted by Gasteiger charge is -2.32. The molecule has 0 saturated carbocycles. The number of carbonyl (C=O) groups is 6. The van der Waals surface area contributed by atoms with Gasteiger partial charge in [-0.05, 0) is 186 Å². The van der Waals surface area contributed by atoms with Gasteiger partial charge < -0.3 is 0 Å². The van der Waals surface area contributed by atoms with Crippen LogP contribution in [0.3, 0.4) is 0 Å². The van der Waals surface area contributed by atoms with E-state index >= 15 is 0 Å². The van der Waals surface area contributed by atoms with E-state index in [4.69, 9.17) is 104 Å². The van der Waals surface area contributed by atoms with E-state index in [1.807, 2.05) is 62.2 Å². The Morgan fingerprint density at radius 3 is 0.959 bits per heavy atom. The number of rotatable bonds is 15. The molecule has 508 valence electrons. The molecule has 0 bridgehead atoms. The standard InChI is InChI=1S/C25H18Cl3N3O2.C24H25Cl3N4O2.C23H23Cl3N4O2/c1-14-3-5-17(6-4-14)24(32)29-25(33)22-15(2)23(16-7-9-18(26)10-8-16)31(30-22)21-12-11-19(27)13-20(21)28;1-6-30(5)24(3,4)23(33)28-22(32)20-14(2)21(15-7-9-16(25)10-8-15)31(29-20)19-12-11-17(26)13-18(19)27;1-13-19(21(31)27-22(32)23(2,3)29(4)5)28-30(18-11-10-16(25)12-17(18)26)20(13)14-6-8-15(24)9-7-14/h3-13H,1-2H3,(H,29,32,33);7-13H,6H2,1-5H3,(H,28,32,33);6-12H,1-5H3,(H,27,31,32). The Balaban J connectivity index is 0.000000188. The van der Waals surface area contributed by atoms with Crippen LogP contribution >= 0.6 is 104 Å². The van der Waals surface area contributed by atoms with Crippen molar-refractivity contribution < 1.29 is 28.8 Å². The van der Waals surface area contributed by atoms with Crippen molar-refractivity contribution >= 4 is 140 Å². The Morgan fingerprint density at radius 2 is 0.673 bits per heavy atom. The van der Waals surface area contributed by atoms with Crippen molar-refractivity contribution in [2.24, 2.45) is 0 Å². The van der Waals surface area contributed by atoms with E-state index in [0.29, 0.717) is 108 Å². The Hall–Kier alpha value is -7.88. The van der Waals surface area contributed by atoms with E-state index in [1.54, 1.807) is 197 Å². The van der Waals surface area contributed by atoms with Gasteiger partial charge in [0.25, 0.3) is 23.6 Å². The molecule has 17 nitrogen and oxygen atoms in total. The molecule has 0 fully saturated rings. The molecule has 98 heavy (non-hydrogen) atoms. The lowest BCUT2D eigenvalue weighted by Crippen LogP contribution is -2.54. The maximum atomic E-state index is 13.2. The fourth-order valence-corrected chi connectivity index (χ4v) is 11.6. The normalized spacial score (nSPS) is 11.4. The summed E-state index contributed by atoms with van der Waals surface area (Å²) >= 11 is 55.7. The Kier molecular flexibility index (Phi) is 24.8. The summed E-state index contributed by atoms with van der Waals surface area (Å²) in [6, 6.07) is 43.4. The second-order valence-electron chi connectivity index (χ2n) is 23.8. The molecular weight excluding hydrogens is 1430 g/mol. The minimum Gasteiger partial charge on any atom is -0.296 e. The first kappa shape index (κ1) is 75.9. The summed E-state index contributed by atoms with van der Waals surface area (Å²) in [5.74, 6) is -3.15. The van der Waals surface area contributed by atoms with Gasteiger partial charge in [0.05, 0.1) is 60.3 Å². The number of imide groups is 3. The molecule has 26 heteroatoms. The number of nitrogens with zero attached hydrogens (tertiary/aromatic N) is 8. The lowest BCUT2D eigenvalue weighted by molar-refractivity contribution is -0.130. The number of carbonyl (C=O) groups excluding carboxylic acids is 6. The SMILES string of the molecule is CCN(C)C(C)(C)C(=O)NC(=O)c1nn(-c2ccc(Cl)cc2Cl)c(-c2ccc(Cl)cc2)c1C.Cc1c(C(=O)NC(=O)C(C)(C)N(C)C)nn(-c2ccc(Cl)cc2Cl)c1-c1ccc(Cl)cc1.Cc1ccc(C(=O)NC(=O)c2nn(-c3ccc(Cl)cc3Cl)c(-c3ccc(Cl)cc3)c2C)cc1. The second kappa shape index (κ2) is 32.0. The van der Waals surface area contributed by atoms with E-state index in [1.165, 1.54) is 0 Å². The number of aryl methyl sites for hydroxylation is 1. The van der Waals surface area contributed by atoms with Crippen molar-refractivity contribution in [2.75, 3.05) is 27.7 Å². The minimum atomic E-state index is -0.884. The molecule has 0 spiro atoms. The van der Waals surface area contributed by atoms with Gasteiger partial charge in [-0.1, -0.05) is 165 Å². The van der Waals surface area contributed by atoms with Crippen LogP contribution in [0.15, 0.2) is 152 Å². The van der Waals surface area contributed by atoms with Gasteiger partial charge in [-0.25, -0.2) is 14.0 Å². The predicted octanol–water partition coefficient (Wildman–Crippen LogP) is 17.9. The number of halogens is 9. The molecule has 3 heterocycles. The van der Waals surface area contributed by atoms with Crippen LogP contribution in [0, 0.1) is 27.7 Å². The van der Waals surface area contributed by atoms with Gasteiger partial charge in [0.1, 0.15) is 0 Å². The van der Waals surface area contributed by atoms with Crippen molar-refractivity contribution in [2.45, 2.75) is 73.4 Å². The molecule has 10 rings (SSSR count). The Morgan fingerprint density at radius 1 is 0.388 bits per heavy atom. The molecule has 6 amide bonds. The zero-order chi connectivity index (χ0) is 72.0. The Labute approximate surface area is 612 Å². The van der Waals surface area contributed by atoms with Gasteiger partial charge in [0.15, 0.2) is 17.1 Å². The molecule has 0 radical (unpaired) electrons. The zero-order valence-electron chi connectivity index (χ0n) is 55.1. The quantitative estimate of drug-likeness (QED) is 0.0825. The second-order valence-corrected chi connectivity index (χ2v) is 27.6. The number of nitrogens with one attached hydrogen (secondary N) is 3. The van der Waals surface area contributed by atoms with E-state index in [-0.39, 0.29) is 17.1 Å². The molecule has 0 saturated heterocycles. The highest BCUT2D eigenvalue weighted by molar-refractivity contribution is 6.37. The van der Waals surface area contributed by atoms with E-state index in [9.17, 15) is 28.8 Å². The van der Waals surface area contributed by atoms with Crippen LogP contribution in [-0.4, -0.2) is 113 Å². The molecule has 3 N–H and O–H groups in total. The van der Waals surface area contributed by atoms with Crippen molar-refractivity contribution in [3.63, 3.8) is 0 Å². The number of hydrogen-bond donors (Lipinski definition) is 3. The van der Waals surface area contributed by atoms with E-state index in [2.05, 4.69) is 31.2 Å². The monoisotopic (exact) mass is 1500 g/mol. The molecule has 0 aliphatic carbocycles. The van der Waals surface area contributed by atoms with Crippen molar-refractivity contribution in [3.8, 4) is 50.8 Å². The van der Waals surface area contributed by atoms with Gasteiger partial charge in [0, 0.05) is 69.1 Å². The highest BCUT2D eigenvalue weighted by Gasteiger charge is 2.36. The summed E-state index contributed by atoms with van der Waals surface area (Å²) in [6.07, 6.45) is 0. The Bertz CT molecular complexity index is 4680. The molecule has 3 aromatic heterocycles. The maximum Gasteiger partial charge on any atom is 0.278 e.